The molecule has 4 rings (SSSR count). The zero-order valence-electron chi connectivity index (χ0n) is 19.2. The Labute approximate surface area is 202 Å². The molecule has 4 aromatic rings. The van der Waals surface area contributed by atoms with Crippen LogP contribution in [0.2, 0.25) is 0 Å². The van der Waals surface area contributed by atoms with E-state index in [1.807, 2.05) is 16.7 Å². The van der Waals surface area contributed by atoms with Gasteiger partial charge in [-0.25, -0.2) is 4.39 Å². The third-order valence-electron chi connectivity index (χ3n) is 5.56. The number of carbonyl (C=O) groups excluding carboxylic acids is 1. The Balaban J connectivity index is 1.59. The highest BCUT2D eigenvalue weighted by molar-refractivity contribution is 7.98. The predicted molar refractivity (Wildman–Crippen MR) is 131 cm³/mol. The van der Waals surface area contributed by atoms with Crippen molar-refractivity contribution in [3.05, 3.63) is 101 Å². The Morgan fingerprint density at radius 2 is 1.76 bits per heavy atom. The van der Waals surface area contributed by atoms with Crippen molar-refractivity contribution in [3.8, 4) is 11.4 Å². The maximum atomic E-state index is 13.3. The SMILES string of the molecule is COc1ccc(C(=O)NCc2nnc(SCc3ccc(F)cc3)n2-c2cccc(C)c2C)cc1. The van der Waals surface area contributed by atoms with Crippen molar-refractivity contribution in [2.75, 3.05) is 7.11 Å². The molecule has 1 aromatic heterocycles. The van der Waals surface area contributed by atoms with Crippen molar-refractivity contribution in [1.29, 1.82) is 0 Å². The number of aromatic nitrogens is 3. The lowest BCUT2D eigenvalue weighted by molar-refractivity contribution is 0.0949. The number of hydrogen-bond donors (Lipinski definition) is 1. The molecule has 0 unspecified atom stereocenters. The second-order valence-corrected chi connectivity index (χ2v) is 8.72. The molecule has 0 aliphatic heterocycles. The number of benzene rings is 3. The Kier molecular flexibility index (Phi) is 7.27. The van der Waals surface area contributed by atoms with Gasteiger partial charge in [-0.3, -0.25) is 9.36 Å². The number of methoxy groups -OCH3 is 1. The average Bonchev–Trinajstić information content (AvgIpc) is 3.26. The minimum atomic E-state index is -0.262. The second-order valence-electron chi connectivity index (χ2n) is 7.78. The van der Waals surface area contributed by atoms with Crippen molar-refractivity contribution < 1.29 is 13.9 Å². The third-order valence-corrected chi connectivity index (χ3v) is 6.56. The first-order valence-electron chi connectivity index (χ1n) is 10.8. The van der Waals surface area contributed by atoms with Gasteiger partial charge in [0.05, 0.1) is 19.3 Å². The first-order chi connectivity index (χ1) is 16.5. The molecule has 174 valence electrons. The third kappa shape index (κ3) is 5.28. The van der Waals surface area contributed by atoms with Crippen LogP contribution in [0.4, 0.5) is 4.39 Å². The van der Waals surface area contributed by atoms with Crippen LogP contribution in [-0.4, -0.2) is 27.8 Å². The van der Waals surface area contributed by atoms with Crippen LogP contribution in [0.5, 0.6) is 5.75 Å². The van der Waals surface area contributed by atoms with E-state index in [9.17, 15) is 9.18 Å². The number of thioether (sulfide) groups is 1. The zero-order valence-corrected chi connectivity index (χ0v) is 20.0. The minimum absolute atomic E-state index is 0.210. The lowest BCUT2D eigenvalue weighted by Gasteiger charge is -2.15. The molecule has 0 spiro atoms. The summed E-state index contributed by atoms with van der Waals surface area (Å²) in [6.45, 7) is 4.32. The van der Waals surface area contributed by atoms with E-state index in [2.05, 4.69) is 35.4 Å². The van der Waals surface area contributed by atoms with E-state index in [-0.39, 0.29) is 18.3 Å². The molecule has 0 saturated heterocycles. The summed E-state index contributed by atoms with van der Waals surface area (Å²) in [7, 11) is 1.58. The molecule has 0 bridgehead atoms. The number of aryl methyl sites for hydroxylation is 1. The van der Waals surface area contributed by atoms with E-state index in [1.165, 1.54) is 23.9 Å². The highest BCUT2D eigenvalue weighted by Gasteiger charge is 2.18. The number of nitrogens with one attached hydrogen (secondary N) is 1. The standard InChI is InChI=1S/C26H25FN4O2S/c1-17-5-4-6-23(18(17)2)31-24(15-28-25(32)20-9-13-22(33-3)14-10-20)29-30-26(31)34-16-19-7-11-21(27)12-8-19/h4-14H,15-16H2,1-3H3,(H,28,32). The summed E-state index contributed by atoms with van der Waals surface area (Å²) in [5.74, 6) is 1.45. The van der Waals surface area contributed by atoms with Gasteiger partial charge in [-0.1, -0.05) is 36.0 Å². The molecule has 0 fully saturated rings. The van der Waals surface area contributed by atoms with Gasteiger partial charge in [0.2, 0.25) is 0 Å². The highest BCUT2D eigenvalue weighted by Crippen LogP contribution is 2.28. The van der Waals surface area contributed by atoms with Gasteiger partial charge in [0.1, 0.15) is 11.6 Å². The summed E-state index contributed by atoms with van der Waals surface area (Å²) in [6, 6.07) is 19.4. The summed E-state index contributed by atoms with van der Waals surface area (Å²) in [4.78, 5) is 12.7. The van der Waals surface area contributed by atoms with Gasteiger partial charge in [0.25, 0.3) is 5.91 Å². The highest BCUT2D eigenvalue weighted by atomic mass is 32.2. The fourth-order valence-corrected chi connectivity index (χ4v) is 4.38. The molecule has 1 amide bonds. The van der Waals surface area contributed by atoms with Gasteiger partial charge >= 0.3 is 0 Å². The largest absolute Gasteiger partial charge is 0.497 e. The van der Waals surface area contributed by atoms with Gasteiger partial charge in [0.15, 0.2) is 11.0 Å². The molecule has 3 aromatic carbocycles. The van der Waals surface area contributed by atoms with Crippen LogP contribution in [0.15, 0.2) is 71.9 Å². The summed E-state index contributed by atoms with van der Waals surface area (Å²) < 4.78 is 20.4. The minimum Gasteiger partial charge on any atom is -0.497 e. The van der Waals surface area contributed by atoms with Crippen molar-refractivity contribution in [3.63, 3.8) is 0 Å². The number of ether oxygens (including phenoxy) is 1. The normalized spacial score (nSPS) is 10.8. The fourth-order valence-electron chi connectivity index (χ4n) is 3.46. The summed E-state index contributed by atoms with van der Waals surface area (Å²) >= 11 is 1.51. The molecule has 0 saturated carbocycles. The molecule has 8 heteroatoms. The monoisotopic (exact) mass is 476 g/mol. The van der Waals surface area contributed by atoms with Gasteiger partial charge in [-0.05, 0) is 73.0 Å². The quantitative estimate of drug-likeness (QED) is 0.352. The van der Waals surface area contributed by atoms with Crippen molar-refractivity contribution >= 4 is 17.7 Å². The topological polar surface area (TPSA) is 69.0 Å². The van der Waals surface area contributed by atoms with Crippen molar-refractivity contribution in [2.24, 2.45) is 0 Å². The molecule has 1 heterocycles. The van der Waals surface area contributed by atoms with E-state index in [0.29, 0.717) is 28.0 Å². The van der Waals surface area contributed by atoms with Crippen LogP contribution in [0, 0.1) is 19.7 Å². The van der Waals surface area contributed by atoms with Crippen LogP contribution in [0.1, 0.15) is 32.9 Å². The maximum absolute atomic E-state index is 13.3. The Morgan fingerprint density at radius 3 is 2.47 bits per heavy atom. The van der Waals surface area contributed by atoms with Crippen molar-refractivity contribution in [1.82, 2.24) is 20.1 Å². The summed E-state index contributed by atoms with van der Waals surface area (Å²) in [5, 5.41) is 12.4. The van der Waals surface area contributed by atoms with Crippen LogP contribution >= 0.6 is 11.8 Å². The lowest BCUT2D eigenvalue weighted by atomic mass is 10.1. The molecular weight excluding hydrogens is 451 g/mol. The van der Waals surface area contributed by atoms with E-state index in [4.69, 9.17) is 4.74 Å². The Bertz CT molecular complexity index is 1290. The first-order valence-corrected chi connectivity index (χ1v) is 11.7. The van der Waals surface area contributed by atoms with E-state index in [0.717, 1.165) is 22.4 Å². The number of hydrogen-bond acceptors (Lipinski definition) is 5. The van der Waals surface area contributed by atoms with Gasteiger partial charge in [-0.2, -0.15) is 0 Å². The van der Waals surface area contributed by atoms with Crippen LogP contribution in [-0.2, 0) is 12.3 Å². The van der Waals surface area contributed by atoms with Crippen LogP contribution < -0.4 is 10.1 Å². The van der Waals surface area contributed by atoms with E-state index < -0.39 is 0 Å². The van der Waals surface area contributed by atoms with Crippen LogP contribution in [0.25, 0.3) is 5.69 Å². The molecule has 6 nitrogen and oxygen atoms in total. The molecule has 0 aliphatic rings. The maximum Gasteiger partial charge on any atom is 0.251 e. The number of nitrogens with zero attached hydrogens (tertiary/aromatic N) is 3. The zero-order chi connectivity index (χ0) is 24.1. The van der Waals surface area contributed by atoms with Gasteiger partial charge < -0.3 is 10.1 Å². The van der Waals surface area contributed by atoms with Crippen LogP contribution in [0.3, 0.4) is 0 Å². The number of amides is 1. The molecule has 0 aliphatic carbocycles. The summed E-state index contributed by atoms with van der Waals surface area (Å²) in [5.41, 5.74) is 4.73. The number of rotatable bonds is 8. The molecule has 0 radical (unpaired) electrons. The first kappa shape index (κ1) is 23.5. The molecule has 0 atom stereocenters. The molecule has 34 heavy (non-hydrogen) atoms. The lowest BCUT2D eigenvalue weighted by Crippen LogP contribution is -2.24. The second kappa shape index (κ2) is 10.5. The molecule has 1 N–H and O–H groups in total. The Hall–Kier alpha value is -3.65. The van der Waals surface area contributed by atoms with Gasteiger partial charge in [-0.15, -0.1) is 10.2 Å². The predicted octanol–water partition coefficient (Wildman–Crippen LogP) is 5.25. The Morgan fingerprint density at radius 1 is 1.03 bits per heavy atom. The number of carbonyl (C=O) groups is 1. The van der Waals surface area contributed by atoms with E-state index >= 15 is 0 Å². The smallest absolute Gasteiger partial charge is 0.251 e. The van der Waals surface area contributed by atoms with Gasteiger partial charge in [0, 0.05) is 11.3 Å². The number of halogens is 1. The van der Waals surface area contributed by atoms with E-state index in [1.54, 1.807) is 43.5 Å². The average molecular weight is 477 g/mol. The summed E-state index contributed by atoms with van der Waals surface area (Å²) in [6.07, 6.45) is 0. The van der Waals surface area contributed by atoms with Crippen molar-refractivity contribution in [2.45, 2.75) is 31.3 Å². The fraction of sp³-hybridized carbons (Fsp3) is 0.192. The molecular formula is C26H25FN4O2S.